The summed E-state index contributed by atoms with van der Waals surface area (Å²) in [4.78, 5) is 41.7. The number of allylic oxidation sites excluding steroid dienone is 2. The SMILES string of the molecule is CCCCCC/C=C\CCCCCCCCCC(=O)N[C@H]1[C@H](OC[C@H]2O[C@H](OP(=O)(OC)OC)[C@H](NC(=O)CC(=O)CCCCCCCCCCC)[C@@H](OCCCCCCCCCC)[C@@H]2O)O[C@H](COC)[C@@H](OP(=O)(OC)OC)[C@@H]1OCC[C@@H](CCCCCCC)OC. The molecule has 0 bridgehead atoms. The molecule has 2 heterocycles. The summed E-state index contributed by atoms with van der Waals surface area (Å²) in [5, 5.41) is 18.5. The maximum absolute atomic E-state index is 14.4. The molecule has 2 rings (SSSR count). The molecule has 0 radical (unpaired) electrons. The summed E-state index contributed by atoms with van der Waals surface area (Å²) >= 11 is 0. The van der Waals surface area contributed by atoms with Crippen LogP contribution in [0.3, 0.4) is 0 Å². The molecule has 0 spiro atoms. The normalized spacial score (nSPS) is 22.4. The van der Waals surface area contributed by atoms with Crippen LogP contribution in [0.2, 0.25) is 0 Å². The van der Waals surface area contributed by atoms with Gasteiger partial charge in [-0.2, -0.15) is 0 Å². The van der Waals surface area contributed by atoms with E-state index in [0.29, 0.717) is 25.7 Å². The number of ketones is 1. The average molecular weight is 1370 g/mol. The number of ether oxygens (including phenoxy) is 7. The highest BCUT2D eigenvalue weighted by atomic mass is 31.2. The van der Waals surface area contributed by atoms with Gasteiger partial charge in [-0.15, -0.1) is 0 Å². The Morgan fingerprint density at radius 2 is 0.892 bits per heavy atom. The van der Waals surface area contributed by atoms with Crippen LogP contribution in [0, 0.1) is 0 Å². The lowest BCUT2D eigenvalue weighted by Crippen LogP contribution is -2.67. The number of rotatable bonds is 63. The van der Waals surface area contributed by atoms with Gasteiger partial charge in [0.15, 0.2) is 12.6 Å². The largest absolute Gasteiger partial charge is 0.476 e. The number of aliphatic hydroxyl groups is 1. The van der Waals surface area contributed by atoms with E-state index in [1.54, 1.807) is 7.11 Å². The molecular formula is C70H134N2O19P2. The topological polar surface area (TPSA) is 250 Å². The first kappa shape index (κ1) is 87.3. The number of Topliss-reactive ketones (excluding diaryl/α,β-unsaturated/α-hetero) is 1. The number of phosphoric ester groups is 2. The third kappa shape index (κ3) is 39.0. The smallest absolute Gasteiger partial charge is 0.388 e. The predicted molar refractivity (Wildman–Crippen MR) is 366 cm³/mol. The second-order valence-electron chi connectivity index (χ2n) is 25.5. The highest BCUT2D eigenvalue weighted by Gasteiger charge is 2.54. The van der Waals surface area contributed by atoms with Gasteiger partial charge in [0, 0.05) is 68.7 Å². The Bertz CT molecular complexity index is 1960. The standard InChI is InChI=1S/C70H134N2O19P2/c1-11-15-19-23-26-29-30-31-32-33-34-36-38-42-46-50-61(74)71-64-68(86-53-51-58(80-6)49-45-40-22-18-14-4)66(90-92(77,81-7)82-8)60(55-79-5)89-69(64)87-56-59-65(76)67(85-52-47-43-39-28-25-21-17-13-3)63(70(88-59)91-93(78,83-9)84-10)72-62(75)54-57(73)48-44-41-37-35-27-24-20-16-12-2/h29-30,58-60,63-70,76H,11-28,31-56H2,1-10H3,(H,71,74)(H,72,75)/b30-29-/t58-,59-,60-,63-,64-,65-,66-,67-,68-,69-,70-/m1/s1. The summed E-state index contributed by atoms with van der Waals surface area (Å²) in [6, 6.07) is -2.50. The van der Waals surface area contributed by atoms with E-state index in [0.717, 1.165) is 155 Å². The van der Waals surface area contributed by atoms with Crippen molar-refractivity contribution in [3.63, 3.8) is 0 Å². The van der Waals surface area contributed by atoms with Crippen molar-refractivity contribution in [1.82, 2.24) is 10.6 Å². The number of aliphatic hydroxyl groups excluding tert-OH is 1. The van der Waals surface area contributed by atoms with E-state index in [2.05, 4.69) is 50.5 Å². The van der Waals surface area contributed by atoms with Crippen molar-refractivity contribution < 1.29 is 88.9 Å². The molecule has 21 nitrogen and oxygen atoms in total. The van der Waals surface area contributed by atoms with Crippen LogP contribution in [-0.2, 0) is 83.8 Å². The van der Waals surface area contributed by atoms with Gasteiger partial charge in [-0.05, 0) is 57.8 Å². The van der Waals surface area contributed by atoms with Gasteiger partial charge < -0.3 is 48.9 Å². The lowest BCUT2D eigenvalue weighted by Gasteiger charge is -2.47. The van der Waals surface area contributed by atoms with Gasteiger partial charge in [0.25, 0.3) is 0 Å². The Hall–Kier alpha value is -1.75. The third-order valence-electron chi connectivity index (χ3n) is 17.7. The lowest BCUT2D eigenvalue weighted by atomic mass is 9.95. The second-order valence-corrected chi connectivity index (χ2v) is 29.1. The second kappa shape index (κ2) is 56.1. The molecule has 11 atom stereocenters. The summed E-state index contributed by atoms with van der Waals surface area (Å²) in [5.41, 5.74) is 0. The van der Waals surface area contributed by atoms with E-state index < -0.39 is 95.9 Å². The molecule has 3 N–H and O–H groups in total. The molecule has 2 fully saturated rings. The van der Waals surface area contributed by atoms with E-state index in [1.807, 2.05) is 0 Å². The maximum Gasteiger partial charge on any atom is 0.476 e. The van der Waals surface area contributed by atoms with Crippen molar-refractivity contribution in [3.05, 3.63) is 12.2 Å². The summed E-state index contributed by atoms with van der Waals surface area (Å²) in [6.45, 7) is 8.48. The minimum Gasteiger partial charge on any atom is -0.388 e. The molecule has 2 aliphatic rings. The van der Waals surface area contributed by atoms with Crippen molar-refractivity contribution in [3.8, 4) is 0 Å². The van der Waals surface area contributed by atoms with Crippen LogP contribution in [0.1, 0.15) is 285 Å². The first-order chi connectivity index (χ1) is 45.1. The Morgan fingerprint density at radius 1 is 0.452 bits per heavy atom. The van der Waals surface area contributed by atoms with Crippen LogP contribution in [-0.4, -0.2) is 159 Å². The Kier molecular flexibility index (Phi) is 52.6. The van der Waals surface area contributed by atoms with Crippen molar-refractivity contribution in [2.75, 3.05) is 69.1 Å². The number of carbonyl (C=O) groups excluding carboxylic acids is 3. The highest BCUT2D eigenvalue weighted by molar-refractivity contribution is 7.48. The Labute approximate surface area is 563 Å². The fraction of sp³-hybridized carbons (Fsp3) is 0.929. The monoisotopic (exact) mass is 1370 g/mol. The van der Waals surface area contributed by atoms with E-state index in [1.165, 1.54) is 92.0 Å². The lowest BCUT2D eigenvalue weighted by molar-refractivity contribution is -0.301. The minimum atomic E-state index is -4.39. The molecule has 0 aromatic carbocycles. The van der Waals surface area contributed by atoms with Crippen LogP contribution in [0.4, 0.5) is 0 Å². The van der Waals surface area contributed by atoms with Gasteiger partial charge in [-0.1, -0.05) is 220 Å². The van der Waals surface area contributed by atoms with E-state index in [-0.39, 0.29) is 50.5 Å². The predicted octanol–water partition coefficient (Wildman–Crippen LogP) is 16.2. The van der Waals surface area contributed by atoms with E-state index in [9.17, 15) is 28.6 Å². The number of carbonyl (C=O) groups is 3. The fourth-order valence-corrected chi connectivity index (χ4v) is 13.6. The zero-order valence-electron chi connectivity index (χ0n) is 59.8. The summed E-state index contributed by atoms with van der Waals surface area (Å²) < 4.78 is 106. The number of hydrogen-bond donors (Lipinski definition) is 3. The molecule has 2 amide bonds. The number of hydrogen-bond acceptors (Lipinski definition) is 19. The van der Waals surface area contributed by atoms with Gasteiger partial charge in [-0.3, -0.25) is 41.5 Å². The summed E-state index contributed by atoms with van der Waals surface area (Å²) in [6.07, 6.45) is 32.7. The minimum absolute atomic E-state index is 0.120. The van der Waals surface area contributed by atoms with Crippen LogP contribution in [0.15, 0.2) is 12.2 Å². The third-order valence-corrected chi connectivity index (χ3v) is 20.5. The number of amides is 2. The number of unbranched alkanes of at least 4 members (excludes halogenated alkanes) is 30. The zero-order chi connectivity index (χ0) is 68.2. The fourth-order valence-electron chi connectivity index (χ4n) is 12.0. The molecular weight excluding hydrogens is 1230 g/mol. The Morgan fingerprint density at radius 3 is 1.42 bits per heavy atom. The maximum atomic E-state index is 14.4. The first-order valence-electron chi connectivity index (χ1n) is 36.6. The molecule has 93 heavy (non-hydrogen) atoms. The first-order valence-corrected chi connectivity index (χ1v) is 39.5. The molecule has 548 valence electrons. The molecule has 0 aromatic rings. The summed E-state index contributed by atoms with van der Waals surface area (Å²) in [5.74, 6) is -1.24. The van der Waals surface area contributed by atoms with Gasteiger partial charge in [0.05, 0.1) is 25.7 Å². The van der Waals surface area contributed by atoms with Crippen LogP contribution < -0.4 is 10.6 Å². The number of phosphoric acid groups is 2. The van der Waals surface area contributed by atoms with Gasteiger partial charge >= 0.3 is 15.6 Å². The summed E-state index contributed by atoms with van der Waals surface area (Å²) in [7, 11) is -0.851. The molecule has 0 unspecified atom stereocenters. The van der Waals surface area contributed by atoms with Crippen LogP contribution in [0.25, 0.3) is 0 Å². The van der Waals surface area contributed by atoms with Crippen molar-refractivity contribution in [2.45, 2.75) is 352 Å². The molecule has 0 aliphatic carbocycles. The zero-order valence-corrected chi connectivity index (χ0v) is 61.6. The average Bonchev–Trinajstić information content (AvgIpc) is 0.800. The van der Waals surface area contributed by atoms with Crippen molar-refractivity contribution >= 4 is 33.2 Å². The van der Waals surface area contributed by atoms with Crippen molar-refractivity contribution in [2.24, 2.45) is 0 Å². The highest BCUT2D eigenvalue weighted by Crippen LogP contribution is 2.52. The van der Waals surface area contributed by atoms with Crippen LogP contribution in [0.5, 0.6) is 0 Å². The number of nitrogens with one attached hydrogen (secondary N) is 2. The van der Waals surface area contributed by atoms with Crippen molar-refractivity contribution in [1.29, 1.82) is 0 Å². The van der Waals surface area contributed by atoms with Crippen LogP contribution >= 0.6 is 15.6 Å². The van der Waals surface area contributed by atoms with E-state index >= 15 is 0 Å². The van der Waals surface area contributed by atoms with Gasteiger partial charge in [-0.25, -0.2) is 9.13 Å². The molecule has 2 aliphatic heterocycles. The molecule has 0 saturated carbocycles. The van der Waals surface area contributed by atoms with E-state index in [4.69, 9.17) is 60.3 Å². The quantitative estimate of drug-likeness (QED) is 0.0221. The van der Waals surface area contributed by atoms with Gasteiger partial charge in [0.2, 0.25) is 11.8 Å². The Balaban J connectivity index is 2.56. The molecule has 0 aromatic heterocycles. The molecule has 23 heteroatoms. The molecule has 2 saturated heterocycles. The number of methoxy groups -OCH3 is 2. The van der Waals surface area contributed by atoms with Gasteiger partial charge in [0.1, 0.15) is 54.5 Å².